The van der Waals surface area contributed by atoms with Gasteiger partial charge in [0.05, 0.1) is 22.2 Å². The molecule has 0 aliphatic carbocycles. The van der Waals surface area contributed by atoms with Crippen LogP contribution in [0.5, 0.6) is 0 Å². The van der Waals surface area contributed by atoms with Gasteiger partial charge in [0.2, 0.25) is 0 Å². The van der Waals surface area contributed by atoms with E-state index in [0.29, 0.717) is 17.1 Å². The van der Waals surface area contributed by atoms with E-state index in [4.69, 9.17) is 0 Å². The third-order valence-electron chi connectivity index (χ3n) is 3.26. The predicted octanol–water partition coefficient (Wildman–Crippen LogP) is 4.70. The summed E-state index contributed by atoms with van der Waals surface area (Å²) in [5, 5.41) is 0. The van der Waals surface area contributed by atoms with Crippen molar-refractivity contribution in [1.29, 1.82) is 0 Å². The third-order valence-corrected chi connectivity index (χ3v) is 3.26. The molecule has 1 aromatic heterocycles. The molecule has 1 heterocycles. The number of hydrogen-bond donors (Lipinski definition) is 1. The number of imidazole rings is 1. The van der Waals surface area contributed by atoms with E-state index in [1.54, 1.807) is 24.3 Å². The number of para-hydroxylation sites is 2. The van der Waals surface area contributed by atoms with Gasteiger partial charge in [0.15, 0.2) is 0 Å². The number of halogens is 4. The summed E-state index contributed by atoms with van der Waals surface area (Å²) in [7, 11) is 0. The standard InChI is InChI=1S/C15H10F4N2/c1-8-6-9(11(16)7-10(8)15(17,18)19)14-20-12-4-2-3-5-13(12)21-14/h2-7H,1H3,(H,20,21). The Bertz CT molecular complexity index is 785. The Morgan fingerprint density at radius 3 is 2.48 bits per heavy atom. The molecule has 0 amide bonds. The van der Waals surface area contributed by atoms with E-state index in [1.165, 1.54) is 6.92 Å². The number of benzene rings is 2. The lowest BCUT2D eigenvalue weighted by molar-refractivity contribution is -0.138. The second kappa shape index (κ2) is 4.58. The average molecular weight is 294 g/mol. The molecule has 0 atom stereocenters. The summed E-state index contributed by atoms with van der Waals surface area (Å²) in [6.07, 6.45) is -4.57. The third kappa shape index (κ3) is 2.37. The molecule has 0 fully saturated rings. The van der Waals surface area contributed by atoms with Gasteiger partial charge >= 0.3 is 6.18 Å². The quantitative estimate of drug-likeness (QED) is 0.648. The SMILES string of the molecule is Cc1cc(-c2nc3ccccc3[nH]2)c(F)cc1C(F)(F)F. The molecule has 3 aromatic rings. The highest BCUT2D eigenvalue weighted by Crippen LogP contribution is 2.35. The molecule has 0 saturated carbocycles. The van der Waals surface area contributed by atoms with Crippen LogP contribution < -0.4 is 0 Å². The van der Waals surface area contributed by atoms with Crippen molar-refractivity contribution in [1.82, 2.24) is 9.97 Å². The fourth-order valence-corrected chi connectivity index (χ4v) is 2.25. The topological polar surface area (TPSA) is 28.7 Å². The lowest BCUT2D eigenvalue weighted by atomic mass is 10.0. The molecular weight excluding hydrogens is 284 g/mol. The molecule has 0 aliphatic heterocycles. The van der Waals surface area contributed by atoms with Crippen LogP contribution in [-0.2, 0) is 6.18 Å². The normalized spacial score (nSPS) is 12.0. The fourth-order valence-electron chi connectivity index (χ4n) is 2.25. The second-order valence-electron chi connectivity index (χ2n) is 4.75. The number of aromatic amines is 1. The van der Waals surface area contributed by atoms with Gasteiger partial charge in [-0.05, 0) is 36.8 Å². The van der Waals surface area contributed by atoms with Crippen LogP contribution in [0.4, 0.5) is 17.6 Å². The number of nitrogens with one attached hydrogen (secondary N) is 1. The van der Waals surface area contributed by atoms with Crippen molar-refractivity contribution in [3.05, 3.63) is 53.3 Å². The smallest absolute Gasteiger partial charge is 0.338 e. The van der Waals surface area contributed by atoms with Gasteiger partial charge < -0.3 is 4.98 Å². The van der Waals surface area contributed by atoms with Crippen LogP contribution in [0, 0.1) is 12.7 Å². The Balaban J connectivity index is 2.17. The molecule has 0 radical (unpaired) electrons. The Hall–Kier alpha value is -2.37. The molecule has 6 heteroatoms. The van der Waals surface area contributed by atoms with Gasteiger partial charge in [0.25, 0.3) is 0 Å². The zero-order valence-electron chi connectivity index (χ0n) is 10.9. The maximum Gasteiger partial charge on any atom is 0.416 e. The first-order chi connectivity index (χ1) is 9.86. The van der Waals surface area contributed by atoms with Crippen LogP contribution in [-0.4, -0.2) is 9.97 Å². The summed E-state index contributed by atoms with van der Waals surface area (Å²) in [4.78, 5) is 7.11. The van der Waals surface area contributed by atoms with Crippen molar-refractivity contribution in [2.75, 3.05) is 0 Å². The summed E-state index contributed by atoms with van der Waals surface area (Å²) in [5.74, 6) is -0.738. The molecule has 1 N–H and O–H groups in total. The summed E-state index contributed by atoms with van der Waals surface area (Å²) in [6.45, 7) is 1.30. The molecule has 2 aromatic carbocycles. The lowest BCUT2D eigenvalue weighted by Gasteiger charge is -2.11. The van der Waals surface area contributed by atoms with Crippen LogP contribution in [0.1, 0.15) is 11.1 Å². The van der Waals surface area contributed by atoms with E-state index in [2.05, 4.69) is 9.97 Å². The van der Waals surface area contributed by atoms with Gasteiger partial charge in [-0.25, -0.2) is 9.37 Å². The molecule has 0 unspecified atom stereocenters. The van der Waals surface area contributed by atoms with Crippen LogP contribution in [0.3, 0.4) is 0 Å². The van der Waals surface area contributed by atoms with Crippen molar-refractivity contribution >= 4 is 11.0 Å². The van der Waals surface area contributed by atoms with Crippen LogP contribution in [0.15, 0.2) is 36.4 Å². The molecule has 21 heavy (non-hydrogen) atoms. The zero-order valence-corrected chi connectivity index (χ0v) is 10.9. The Morgan fingerprint density at radius 1 is 1.10 bits per heavy atom. The Morgan fingerprint density at radius 2 is 1.81 bits per heavy atom. The van der Waals surface area contributed by atoms with Gasteiger partial charge in [-0.1, -0.05) is 12.1 Å². The summed E-state index contributed by atoms with van der Waals surface area (Å²) < 4.78 is 52.2. The molecule has 0 bridgehead atoms. The number of hydrogen-bond acceptors (Lipinski definition) is 1. The largest absolute Gasteiger partial charge is 0.416 e. The first-order valence-electron chi connectivity index (χ1n) is 6.19. The molecule has 0 saturated heterocycles. The Kier molecular flexibility index (Phi) is 2.97. The molecule has 0 aliphatic rings. The fraction of sp³-hybridized carbons (Fsp3) is 0.133. The Labute approximate surface area is 117 Å². The number of aryl methyl sites for hydroxylation is 1. The van der Waals surface area contributed by atoms with Crippen molar-refractivity contribution in [2.45, 2.75) is 13.1 Å². The maximum atomic E-state index is 14.0. The van der Waals surface area contributed by atoms with E-state index in [9.17, 15) is 17.6 Å². The minimum atomic E-state index is -4.57. The van der Waals surface area contributed by atoms with E-state index in [0.717, 1.165) is 6.07 Å². The summed E-state index contributed by atoms with van der Waals surface area (Å²) in [5.41, 5.74) is 0.338. The van der Waals surface area contributed by atoms with Gasteiger partial charge in [0.1, 0.15) is 11.6 Å². The number of fused-ring (bicyclic) bond motifs is 1. The summed E-state index contributed by atoms with van der Waals surface area (Å²) >= 11 is 0. The predicted molar refractivity (Wildman–Crippen MR) is 71.2 cm³/mol. The minimum absolute atomic E-state index is 0.0247. The first-order valence-corrected chi connectivity index (χ1v) is 6.19. The summed E-state index contributed by atoms with van der Waals surface area (Å²) in [6, 6.07) is 8.75. The number of aromatic nitrogens is 2. The number of rotatable bonds is 1. The minimum Gasteiger partial charge on any atom is -0.338 e. The van der Waals surface area contributed by atoms with E-state index in [-0.39, 0.29) is 17.0 Å². The van der Waals surface area contributed by atoms with Crippen LogP contribution >= 0.6 is 0 Å². The van der Waals surface area contributed by atoms with Gasteiger partial charge in [-0.15, -0.1) is 0 Å². The van der Waals surface area contributed by atoms with Crippen molar-refractivity contribution in [3.63, 3.8) is 0 Å². The van der Waals surface area contributed by atoms with Crippen LogP contribution in [0.2, 0.25) is 0 Å². The van der Waals surface area contributed by atoms with E-state index in [1.807, 2.05) is 0 Å². The van der Waals surface area contributed by atoms with E-state index >= 15 is 0 Å². The first kappa shape index (κ1) is 13.6. The van der Waals surface area contributed by atoms with Crippen molar-refractivity contribution < 1.29 is 17.6 Å². The number of alkyl halides is 3. The molecule has 0 spiro atoms. The highest BCUT2D eigenvalue weighted by Gasteiger charge is 2.33. The highest BCUT2D eigenvalue weighted by molar-refractivity contribution is 5.79. The number of nitrogens with zero attached hydrogens (tertiary/aromatic N) is 1. The molecular formula is C15H10F4N2. The van der Waals surface area contributed by atoms with Gasteiger partial charge in [-0.2, -0.15) is 13.2 Å². The average Bonchev–Trinajstić information content (AvgIpc) is 2.83. The molecule has 3 rings (SSSR count). The van der Waals surface area contributed by atoms with Crippen molar-refractivity contribution in [2.24, 2.45) is 0 Å². The monoisotopic (exact) mass is 294 g/mol. The van der Waals surface area contributed by atoms with E-state index < -0.39 is 17.6 Å². The van der Waals surface area contributed by atoms with Gasteiger partial charge in [0, 0.05) is 0 Å². The molecule has 108 valence electrons. The van der Waals surface area contributed by atoms with Crippen LogP contribution in [0.25, 0.3) is 22.4 Å². The highest BCUT2D eigenvalue weighted by atomic mass is 19.4. The zero-order chi connectivity index (χ0) is 15.2. The number of H-pyrrole nitrogens is 1. The van der Waals surface area contributed by atoms with Crippen molar-refractivity contribution in [3.8, 4) is 11.4 Å². The van der Waals surface area contributed by atoms with Gasteiger partial charge in [-0.3, -0.25) is 0 Å². The second-order valence-corrected chi connectivity index (χ2v) is 4.75. The lowest BCUT2D eigenvalue weighted by Crippen LogP contribution is -2.08. The molecule has 2 nitrogen and oxygen atoms in total. The maximum absolute atomic E-state index is 14.0.